The van der Waals surface area contributed by atoms with E-state index in [4.69, 9.17) is 11.6 Å². The number of aryl methyl sites for hydroxylation is 1. The number of rotatable bonds is 4. The monoisotopic (exact) mass is 358 g/mol. The molecule has 2 heterocycles. The van der Waals surface area contributed by atoms with Crippen LogP contribution in [0.1, 0.15) is 16.2 Å². The summed E-state index contributed by atoms with van der Waals surface area (Å²) < 4.78 is 14.4. The van der Waals surface area contributed by atoms with E-state index in [0.29, 0.717) is 17.0 Å². The van der Waals surface area contributed by atoms with Crippen molar-refractivity contribution < 1.29 is 9.18 Å². The van der Waals surface area contributed by atoms with Gasteiger partial charge in [-0.05, 0) is 30.3 Å². The Bertz CT molecular complexity index is 1020. The maximum Gasteiger partial charge on any atom is 0.266 e. The minimum atomic E-state index is -0.531. The van der Waals surface area contributed by atoms with Crippen LogP contribution in [0.2, 0.25) is 5.02 Å². The number of halogens is 2. The number of hydrogen-bond acceptors (Lipinski definition) is 5. The zero-order chi connectivity index (χ0) is 18.0. The number of nitrogens with zero attached hydrogens (tertiary/aromatic N) is 4. The summed E-state index contributed by atoms with van der Waals surface area (Å²) in [5.74, 6) is -0.806. The van der Waals surface area contributed by atoms with E-state index < -0.39 is 5.82 Å². The second kappa shape index (κ2) is 6.90. The van der Waals surface area contributed by atoms with Crippen LogP contribution in [0.5, 0.6) is 0 Å². The third kappa shape index (κ3) is 3.77. The van der Waals surface area contributed by atoms with E-state index in [-0.39, 0.29) is 28.5 Å². The van der Waals surface area contributed by atoms with Gasteiger partial charge in [0.15, 0.2) is 5.78 Å². The first-order valence-corrected chi connectivity index (χ1v) is 7.66. The molecule has 2 aromatic heterocycles. The van der Waals surface area contributed by atoms with Crippen LogP contribution in [0.4, 0.5) is 4.39 Å². The summed E-state index contributed by atoms with van der Waals surface area (Å²) in [5, 5.41) is 3.99. The molecule has 126 valence electrons. The van der Waals surface area contributed by atoms with Crippen molar-refractivity contribution in [1.82, 2.24) is 19.7 Å². The van der Waals surface area contributed by atoms with Crippen LogP contribution >= 0.6 is 11.6 Å². The molecule has 3 rings (SSSR count). The van der Waals surface area contributed by atoms with Crippen LogP contribution in [0.25, 0.3) is 11.3 Å². The first-order chi connectivity index (χ1) is 11.9. The molecule has 0 spiro atoms. The van der Waals surface area contributed by atoms with Gasteiger partial charge in [-0.25, -0.2) is 19.0 Å². The molecule has 0 saturated carbocycles. The minimum absolute atomic E-state index is 0.00521. The number of Topliss-reactive ketones (excluding diaryl/α,β-unsaturated/α-hetero) is 1. The van der Waals surface area contributed by atoms with Crippen molar-refractivity contribution in [2.75, 3.05) is 0 Å². The van der Waals surface area contributed by atoms with Gasteiger partial charge in [-0.2, -0.15) is 5.10 Å². The highest BCUT2D eigenvalue weighted by atomic mass is 35.5. The van der Waals surface area contributed by atoms with Gasteiger partial charge in [-0.1, -0.05) is 11.6 Å². The van der Waals surface area contributed by atoms with E-state index in [2.05, 4.69) is 15.1 Å². The van der Waals surface area contributed by atoms with E-state index in [0.717, 1.165) is 4.68 Å². The van der Waals surface area contributed by atoms with Crippen molar-refractivity contribution in [3.8, 4) is 11.3 Å². The summed E-state index contributed by atoms with van der Waals surface area (Å²) in [6, 6.07) is 8.54. The second-order valence-electron chi connectivity index (χ2n) is 5.30. The third-order valence-electron chi connectivity index (χ3n) is 3.53. The predicted octanol–water partition coefficient (Wildman–Crippen LogP) is 2.46. The number of hydrogen-bond donors (Lipinski definition) is 0. The summed E-state index contributed by atoms with van der Waals surface area (Å²) in [6.07, 6.45) is 1.25. The van der Waals surface area contributed by atoms with Crippen molar-refractivity contribution in [2.24, 2.45) is 7.05 Å². The summed E-state index contributed by atoms with van der Waals surface area (Å²) in [5.41, 5.74) is 1.42. The van der Waals surface area contributed by atoms with Crippen LogP contribution in [0, 0.1) is 5.82 Å². The van der Waals surface area contributed by atoms with E-state index in [1.165, 1.54) is 49.8 Å². The van der Waals surface area contributed by atoms with Gasteiger partial charge < -0.3 is 0 Å². The number of carbonyl (C=O) groups excluding carboxylic acids is 1. The molecule has 0 unspecified atom stereocenters. The Morgan fingerprint density at radius 2 is 2.00 bits per heavy atom. The Kier molecular flexibility index (Phi) is 4.67. The van der Waals surface area contributed by atoms with Crippen molar-refractivity contribution in [3.63, 3.8) is 0 Å². The molecule has 0 aliphatic carbocycles. The molecular formula is C17H12ClFN4O2. The van der Waals surface area contributed by atoms with Gasteiger partial charge in [-0.3, -0.25) is 9.59 Å². The molecule has 0 aliphatic rings. The summed E-state index contributed by atoms with van der Waals surface area (Å²) in [4.78, 5) is 31.8. The normalized spacial score (nSPS) is 10.7. The largest absolute Gasteiger partial charge is 0.292 e. The molecule has 0 radical (unpaired) electrons. The Morgan fingerprint density at radius 1 is 1.20 bits per heavy atom. The lowest BCUT2D eigenvalue weighted by Gasteiger charge is -2.05. The lowest BCUT2D eigenvalue weighted by atomic mass is 10.1. The van der Waals surface area contributed by atoms with Crippen LogP contribution in [0.3, 0.4) is 0 Å². The average molecular weight is 359 g/mol. The summed E-state index contributed by atoms with van der Waals surface area (Å²) >= 11 is 5.78. The number of aromatic nitrogens is 4. The molecule has 0 aliphatic heterocycles. The van der Waals surface area contributed by atoms with Gasteiger partial charge >= 0.3 is 0 Å². The Labute approximate surface area is 146 Å². The fourth-order valence-corrected chi connectivity index (χ4v) is 2.40. The first-order valence-electron chi connectivity index (χ1n) is 7.28. The van der Waals surface area contributed by atoms with Crippen molar-refractivity contribution >= 4 is 17.4 Å². The number of benzene rings is 1. The SMILES string of the molecule is Cn1nc(CC(=O)c2cc(-c3ccc(F)c(Cl)c3)ncn2)ccc1=O. The first kappa shape index (κ1) is 16.9. The van der Waals surface area contributed by atoms with E-state index >= 15 is 0 Å². The Morgan fingerprint density at radius 3 is 2.72 bits per heavy atom. The Balaban J connectivity index is 1.87. The fraction of sp³-hybridized carbons (Fsp3) is 0.118. The van der Waals surface area contributed by atoms with Crippen LogP contribution in [0.15, 0.2) is 47.5 Å². The highest BCUT2D eigenvalue weighted by Gasteiger charge is 2.13. The van der Waals surface area contributed by atoms with Crippen LogP contribution < -0.4 is 5.56 Å². The standard InChI is InChI=1S/C17H12ClFN4O2/c1-23-17(25)5-3-11(22-23)7-16(24)15-8-14(20-9-21-15)10-2-4-13(19)12(18)6-10/h2-6,8-9H,7H2,1H3. The minimum Gasteiger partial charge on any atom is -0.292 e. The van der Waals surface area contributed by atoms with E-state index in [1.807, 2.05) is 0 Å². The van der Waals surface area contributed by atoms with Gasteiger partial charge in [0.2, 0.25) is 0 Å². The Hall–Kier alpha value is -2.93. The van der Waals surface area contributed by atoms with E-state index in [1.54, 1.807) is 0 Å². The zero-order valence-corrected chi connectivity index (χ0v) is 13.9. The molecule has 1 aromatic carbocycles. The number of carbonyl (C=O) groups is 1. The molecular weight excluding hydrogens is 347 g/mol. The van der Waals surface area contributed by atoms with Gasteiger partial charge in [0, 0.05) is 18.7 Å². The molecule has 0 atom stereocenters. The lowest BCUT2D eigenvalue weighted by Crippen LogP contribution is -2.20. The van der Waals surface area contributed by atoms with E-state index in [9.17, 15) is 14.0 Å². The maximum absolute atomic E-state index is 13.3. The maximum atomic E-state index is 13.3. The lowest BCUT2D eigenvalue weighted by molar-refractivity contribution is 0.0986. The smallest absolute Gasteiger partial charge is 0.266 e. The number of ketones is 1. The molecule has 0 bridgehead atoms. The van der Waals surface area contributed by atoms with Gasteiger partial charge in [0.25, 0.3) is 5.56 Å². The molecule has 0 amide bonds. The summed E-state index contributed by atoms with van der Waals surface area (Å²) in [7, 11) is 1.51. The van der Waals surface area contributed by atoms with Crippen molar-refractivity contribution in [1.29, 1.82) is 0 Å². The third-order valence-corrected chi connectivity index (χ3v) is 3.82. The van der Waals surface area contributed by atoms with Crippen LogP contribution in [-0.4, -0.2) is 25.5 Å². The van der Waals surface area contributed by atoms with Gasteiger partial charge in [-0.15, -0.1) is 0 Å². The molecule has 25 heavy (non-hydrogen) atoms. The molecule has 0 N–H and O–H groups in total. The van der Waals surface area contributed by atoms with Gasteiger partial charge in [0.05, 0.1) is 22.8 Å². The molecule has 0 saturated heterocycles. The van der Waals surface area contributed by atoms with Gasteiger partial charge in [0.1, 0.15) is 17.8 Å². The topological polar surface area (TPSA) is 77.7 Å². The molecule has 6 nitrogen and oxygen atoms in total. The average Bonchev–Trinajstić information content (AvgIpc) is 2.60. The highest BCUT2D eigenvalue weighted by Crippen LogP contribution is 2.23. The predicted molar refractivity (Wildman–Crippen MR) is 89.9 cm³/mol. The second-order valence-corrected chi connectivity index (χ2v) is 5.71. The molecule has 3 aromatic rings. The van der Waals surface area contributed by atoms with Crippen molar-refractivity contribution in [2.45, 2.75) is 6.42 Å². The molecule has 8 heteroatoms. The zero-order valence-electron chi connectivity index (χ0n) is 13.1. The fourth-order valence-electron chi connectivity index (χ4n) is 2.22. The highest BCUT2D eigenvalue weighted by molar-refractivity contribution is 6.31. The quantitative estimate of drug-likeness (QED) is 0.669. The molecule has 0 fully saturated rings. The van der Waals surface area contributed by atoms with Crippen molar-refractivity contribution in [3.05, 3.63) is 75.3 Å². The summed E-state index contributed by atoms with van der Waals surface area (Å²) in [6.45, 7) is 0. The van der Waals surface area contributed by atoms with Crippen LogP contribution in [-0.2, 0) is 13.5 Å².